The van der Waals surface area contributed by atoms with Crippen molar-refractivity contribution in [3.63, 3.8) is 0 Å². The summed E-state index contributed by atoms with van der Waals surface area (Å²) in [6.45, 7) is 3.21. The fraction of sp³-hybridized carbons (Fsp3) is 0.200. The van der Waals surface area contributed by atoms with Crippen LogP contribution in [0.3, 0.4) is 0 Å². The average Bonchev–Trinajstić information content (AvgIpc) is 2.06. The van der Waals surface area contributed by atoms with Gasteiger partial charge in [0.1, 0.15) is 0 Å². The molecule has 0 amide bonds. The van der Waals surface area contributed by atoms with E-state index < -0.39 is 5.97 Å². The summed E-state index contributed by atoms with van der Waals surface area (Å²) in [5.74, 6) is -0.863. The SMILES string of the molecule is CC#N.Cc1ccccc1C(=O)O. The molecule has 3 heteroatoms. The summed E-state index contributed by atoms with van der Waals surface area (Å²) in [6, 6.07) is 8.67. The molecular formula is C10H11NO2. The van der Waals surface area contributed by atoms with Crippen molar-refractivity contribution < 1.29 is 9.90 Å². The number of nitriles is 1. The highest BCUT2D eigenvalue weighted by Gasteiger charge is 2.02. The third-order valence-electron chi connectivity index (χ3n) is 1.38. The van der Waals surface area contributed by atoms with Gasteiger partial charge in [0.2, 0.25) is 0 Å². The quantitative estimate of drug-likeness (QED) is 0.715. The van der Waals surface area contributed by atoms with Gasteiger partial charge in [-0.3, -0.25) is 0 Å². The Morgan fingerprint density at radius 1 is 1.46 bits per heavy atom. The highest BCUT2D eigenvalue weighted by Crippen LogP contribution is 2.05. The van der Waals surface area contributed by atoms with Gasteiger partial charge in [0.25, 0.3) is 0 Å². The predicted octanol–water partition coefficient (Wildman–Crippen LogP) is 2.22. The highest BCUT2D eigenvalue weighted by molar-refractivity contribution is 5.89. The molecular weight excluding hydrogens is 166 g/mol. The second-order valence-corrected chi connectivity index (χ2v) is 2.34. The Labute approximate surface area is 77.2 Å². The van der Waals surface area contributed by atoms with Crippen molar-refractivity contribution >= 4 is 5.97 Å². The monoisotopic (exact) mass is 177 g/mol. The Morgan fingerprint density at radius 3 is 2.23 bits per heavy atom. The minimum atomic E-state index is -0.863. The Hall–Kier alpha value is -1.82. The molecule has 0 saturated heterocycles. The topological polar surface area (TPSA) is 61.1 Å². The van der Waals surface area contributed by atoms with E-state index in [0.29, 0.717) is 5.56 Å². The van der Waals surface area contributed by atoms with Gasteiger partial charge in [-0.2, -0.15) is 5.26 Å². The molecule has 1 aromatic carbocycles. The van der Waals surface area contributed by atoms with Crippen LogP contribution in [0.4, 0.5) is 0 Å². The Bertz CT molecular complexity index is 326. The van der Waals surface area contributed by atoms with E-state index in [1.807, 2.05) is 6.07 Å². The van der Waals surface area contributed by atoms with Crippen LogP contribution in [-0.2, 0) is 0 Å². The van der Waals surface area contributed by atoms with Crippen LogP contribution in [0.25, 0.3) is 0 Å². The van der Waals surface area contributed by atoms with Crippen molar-refractivity contribution in [1.29, 1.82) is 5.26 Å². The molecule has 13 heavy (non-hydrogen) atoms. The first-order valence-electron chi connectivity index (χ1n) is 3.73. The van der Waals surface area contributed by atoms with Crippen molar-refractivity contribution in [3.05, 3.63) is 35.4 Å². The van der Waals surface area contributed by atoms with E-state index in [1.165, 1.54) is 6.92 Å². The zero-order valence-corrected chi connectivity index (χ0v) is 7.61. The van der Waals surface area contributed by atoms with E-state index in [1.54, 1.807) is 31.2 Å². The molecule has 0 aliphatic heterocycles. The smallest absolute Gasteiger partial charge is 0.335 e. The molecule has 0 aliphatic rings. The number of benzene rings is 1. The van der Waals surface area contributed by atoms with Gasteiger partial charge in [-0.1, -0.05) is 18.2 Å². The molecule has 3 nitrogen and oxygen atoms in total. The molecule has 0 atom stereocenters. The Morgan fingerprint density at radius 2 is 1.92 bits per heavy atom. The van der Waals surface area contributed by atoms with Gasteiger partial charge < -0.3 is 5.11 Å². The minimum Gasteiger partial charge on any atom is -0.478 e. The van der Waals surface area contributed by atoms with E-state index in [9.17, 15) is 4.79 Å². The predicted molar refractivity (Wildman–Crippen MR) is 49.4 cm³/mol. The largest absolute Gasteiger partial charge is 0.478 e. The Balaban J connectivity index is 0.000000424. The summed E-state index contributed by atoms with van der Waals surface area (Å²) in [7, 11) is 0. The molecule has 1 N–H and O–H groups in total. The zero-order valence-electron chi connectivity index (χ0n) is 7.61. The number of carbonyl (C=O) groups is 1. The minimum absolute atomic E-state index is 0.377. The molecule has 0 saturated carbocycles. The van der Waals surface area contributed by atoms with E-state index in [4.69, 9.17) is 10.4 Å². The third-order valence-corrected chi connectivity index (χ3v) is 1.38. The van der Waals surface area contributed by atoms with Gasteiger partial charge in [0.05, 0.1) is 11.6 Å². The van der Waals surface area contributed by atoms with E-state index in [0.717, 1.165) is 5.56 Å². The van der Waals surface area contributed by atoms with Crippen LogP contribution in [0.15, 0.2) is 24.3 Å². The van der Waals surface area contributed by atoms with Gasteiger partial charge in [-0.25, -0.2) is 4.79 Å². The normalized spacial score (nSPS) is 7.77. The molecule has 0 aromatic heterocycles. The van der Waals surface area contributed by atoms with Crippen molar-refractivity contribution in [2.24, 2.45) is 0 Å². The second kappa shape index (κ2) is 5.78. The molecule has 1 aromatic rings. The summed E-state index contributed by atoms with van der Waals surface area (Å²) in [4.78, 5) is 10.4. The van der Waals surface area contributed by atoms with Crippen LogP contribution in [0.5, 0.6) is 0 Å². The van der Waals surface area contributed by atoms with Crippen LogP contribution >= 0.6 is 0 Å². The summed E-state index contributed by atoms with van der Waals surface area (Å²) < 4.78 is 0. The highest BCUT2D eigenvalue weighted by atomic mass is 16.4. The number of hydrogen-bond acceptors (Lipinski definition) is 2. The van der Waals surface area contributed by atoms with Crippen molar-refractivity contribution in [3.8, 4) is 6.07 Å². The van der Waals surface area contributed by atoms with Crippen molar-refractivity contribution in [1.82, 2.24) is 0 Å². The standard InChI is InChI=1S/C8H8O2.C2H3N/c1-6-4-2-3-5-7(6)8(9)10;1-2-3/h2-5H,1H3,(H,9,10);1H3. The lowest BCUT2D eigenvalue weighted by Crippen LogP contribution is -1.97. The van der Waals surface area contributed by atoms with E-state index in [2.05, 4.69) is 0 Å². The number of aryl methyl sites for hydroxylation is 1. The maximum Gasteiger partial charge on any atom is 0.335 e. The number of rotatable bonds is 1. The van der Waals surface area contributed by atoms with Crippen LogP contribution in [-0.4, -0.2) is 11.1 Å². The molecule has 0 radical (unpaired) electrons. The summed E-state index contributed by atoms with van der Waals surface area (Å²) in [6.07, 6.45) is 0. The first-order chi connectivity index (χ1) is 6.13. The molecule has 0 bridgehead atoms. The molecule has 0 aliphatic carbocycles. The lowest BCUT2D eigenvalue weighted by molar-refractivity contribution is 0.0696. The van der Waals surface area contributed by atoms with Crippen LogP contribution in [0.1, 0.15) is 22.8 Å². The van der Waals surface area contributed by atoms with Gasteiger partial charge in [-0.15, -0.1) is 0 Å². The number of aromatic carboxylic acids is 1. The molecule has 0 heterocycles. The first-order valence-corrected chi connectivity index (χ1v) is 3.73. The maximum atomic E-state index is 10.4. The van der Waals surface area contributed by atoms with Gasteiger partial charge in [-0.05, 0) is 18.6 Å². The average molecular weight is 177 g/mol. The zero-order chi connectivity index (χ0) is 10.3. The van der Waals surface area contributed by atoms with Gasteiger partial charge in [0.15, 0.2) is 0 Å². The van der Waals surface area contributed by atoms with E-state index >= 15 is 0 Å². The Kier molecular flexibility index (Phi) is 4.97. The second-order valence-electron chi connectivity index (χ2n) is 2.34. The van der Waals surface area contributed by atoms with Gasteiger partial charge in [0, 0.05) is 6.92 Å². The van der Waals surface area contributed by atoms with E-state index in [-0.39, 0.29) is 0 Å². The van der Waals surface area contributed by atoms with Crippen molar-refractivity contribution in [2.75, 3.05) is 0 Å². The lowest BCUT2D eigenvalue weighted by Gasteiger charge is -1.96. The fourth-order valence-corrected chi connectivity index (χ4v) is 0.813. The lowest BCUT2D eigenvalue weighted by atomic mass is 10.1. The third kappa shape index (κ3) is 3.92. The molecule has 68 valence electrons. The first kappa shape index (κ1) is 11.2. The maximum absolute atomic E-state index is 10.4. The molecule has 1 rings (SSSR count). The van der Waals surface area contributed by atoms with Crippen LogP contribution < -0.4 is 0 Å². The number of nitrogens with zero attached hydrogens (tertiary/aromatic N) is 1. The summed E-state index contributed by atoms with van der Waals surface area (Å²) in [5.41, 5.74) is 1.18. The van der Waals surface area contributed by atoms with Gasteiger partial charge >= 0.3 is 5.97 Å². The number of hydrogen-bond donors (Lipinski definition) is 1. The number of carboxylic acids is 1. The summed E-state index contributed by atoms with van der Waals surface area (Å²) >= 11 is 0. The van der Waals surface area contributed by atoms with Crippen molar-refractivity contribution in [2.45, 2.75) is 13.8 Å². The molecule has 0 fully saturated rings. The summed E-state index contributed by atoms with van der Waals surface area (Å²) in [5, 5.41) is 15.9. The molecule has 0 spiro atoms. The molecule has 0 unspecified atom stereocenters. The van der Waals surface area contributed by atoms with Crippen LogP contribution in [0, 0.1) is 18.3 Å². The van der Waals surface area contributed by atoms with Crippen LogP contribution in [0.2, 0.25) is 0 Å². The fourth-order valence-electron chi connectivity index (χ4n) is 0.813. The number of carboxylic acid groups (broad SMARTS) is 1.